The van der Waals surface area contributed by atoms with Gasteiger partial charge < -0.3 is 0 Å². The molecule has 2 aromatic rings. The van der Waals surface area contributed by atoms with E-state index in [-0.39, 0.29) is 0 Å². The van der Waals surface area contributed by atoms with E-state index in [2.05, 4.69) is 44.2 Å². The lowest BCUT2D eigenvalue weighted by Crippen LogP contribution is -1.91. The summed E-state index contributed by atoms with van der Waals surface area (Å²) in [5, 5.41) is 2.94. The fourth-order valence-electron chi connectivity index (χ4n) is 2.83. The minimum Gasteiger partial charge on any atom is -0.0614 e. The summed E-state index contributed by atoms with van der Waals surface area (Å²) >= 11 is 0. The standard InChI is InChI=1S/C14H14/c1-9-6-7-11-4-3-5-12-8-10(2)13(9)14(11)12/h3-7,10H,8H2,1-2H3. The van der Waals surface area contributed by atoms with Crippen molar-refractivity contribution in [3.63, 3.8) is 0 Å². The van der Waals surface area contributed by atoms with Gasteiger partial charge in [-0.05, 0) is 46.7 Å². The maximum absolute atomic E-state index is 2.34. The Morgan fingerprint density at radius 2 is 2.00 bits per heavy atom. The molecule has 1 unspecified atom stereocenters. The second kappa shape index (κ2) is 2.60. The summed E-state index contributed by atoms with van der Waals surface area (Å²) in [7, 11) is 0. The van der Waals surface area contributed by atoms with Crippen molar-refractivity contribution in [2.24, 2.45) is 0 Å². The molecule has 0 radical (unpaired) electrons. The highest BCUT2D eigenvalue weighted by Crippen LogP contribution is 2.39. The van der Waals surface area contributed by atoms with E-state index in [1.54, 1.807) is 5.56 Å². The van der Waals surface area contributed by atoms with Gasteiger partial charge in [-0.25, -0.2) is 0 Å². The van der Waals surface area contributed by atoms with Gasteiger partial charge >= 0.3 is 0 Å². The monoisotopic (exact) mass is 182 g/mol. The number of benzene rings is 2. The van der Waals surface area contributed by atoms with Crippen LogP contribution in [0.3, 0.4) is 0 Å². The highest BCUT2D eigenvalue weighted by Gasteiger charge is 2.21. The van der Waals surface area contributed by atoms with Crippen molar-refractivity contribution in [3.05, 3.63) is 47.0 Å². The third kappa shape index (κ3) is 0.886. The van der Waals surface area contributed by atoms with Crippen LogP contribution in [0.25, 0.3) is 10.8 Å². The van der Waals surface area contributed by atoms with Crippen LogP contribution in [0.5, 0.6) is 0 Å². The zero-order valence-electron chi connectivity index (χ0n) is 8.67. The predicted molar refractivity (Wildman–Crippen MR) is 60.8 cm³/mol. The Morgan fingerprint density at radius 3 is 2.86 bits per heavy atom. The van der Waals surface area contributed by atoms with E-state index >= 15 is 0 Å². The molecule has 14 heavy (non-hydrogen) atoms. The zero-order chi connectivity index (χ0) is 9.71. The maximum Gasteiger partial charge on any atom is -0.0114 e. The summed E-state index contributed by atoms with van der Waals surface area (Å²) < 4.78 is 0. The normalized spacial score (nSPS) is 19.1. The second-order valence-electron chi connectivity index (χ2n) is 4.42. The lowest BCUT2D eigenvalue weighted by Gasteiger charge is -2.08. The zero-order valence-corrected chi connectivity index (χ0v) is 8.67. The largest absolute Gasteiger partial charge is 0.0614 e. The lowest BCUT2D eigenvalue weighted by atomic mass is 9.97. The first-order valence-corrected chi connectivity index (χ1v) is 5.28. The van der Waals surface area contributed by atoms with Gasteiger partial charge in [-0.1, -0.05) is 37.3 Å². The van der Waals surface area contributed by atoms with Gasteiger partial charge in [-0.15, -0.1) is 0 Å². The highest BCUT2D eigenvalue weighted by atomic mass is 14.3. The molecule has 0 amide bonds. The SMILES string of the molecule is Cc1ccc2cccc3c2c1C(C)C3. The van der Waals surface area contributed by atoms with Crippen molar-refractivity contribution in [2.75, 3.05) is 0 Å². The first-order valence-electron chi connectivity index (χ1n) is 5.28. The van der Waals surface area contributed by atoms with Crippen molar-refractivity contribution in [1.29, 1.82) is 0 Å². The maximum atomic E-state index is 2.34. The van der Waals surface area contributed by atoms with Crippen molar-refractivity contribution in [2.45, 2.75) is 26.2 Å². The summed E-state index contributed by atoms with van der Waals surface area (Å²) in [4.78, 5) is 0. The van der Waals surface area contributed by atoms with E-state index in [0.29, 0.717) is 5.92 Å². The van der Waals surface area contributed by atoms with Crippen LogP contribution in [0.2, 0.25) is 0 Å². The van der Waals surface area contributed by atoms with Crippen LogP contribution in [0, 0.1) is 6.92 Å². The number of hydrogen-bond donors (Lipinski definition) is 0. The van der Waals surface area contributed by atoms with Crippen LogP contribution in [-0.4, -0.2) is 0 Å². The third-order valence-corrected chi connectivity index (χ3v) is 3.41. The van der Waals surface area contributed by atoms with Gasteiger partial charge in [0.15, 0.2) is 0 Å². The van der Waals surface area contributed by atoms with Crippen molar-refractivity contribution in [3.8, 4) is 0 Å². The molecular formula is C14H14. The van der Waals surface area contributed by atoms with E-state index in [1.807, 2.05) is 0 Å². The minimum absolute atomic E-state index is 0.705. The Balaban J connectivity index is 2.53. The molecule has 2 aromatic carbocycles. The molecule has 0 aromatic heterocycles. The molecule has 0 saturated heterocycles. The van der Waals surface area contributed by atoms with E-state index in [1.165, 1.54) is 28.3 Å². The Hall–Kier alpha value is -1.30. The predicted octanol–water partition coefficient (Wildman–Crippen LogP) is 3.81. The Kier molecular flexibility index (Phi) is 1.49. The molecule has 0 heterocycles. The van der Waals surface area contributed by atoms with Gasteiger partial charge in [0.05, 0.1) is 0 Å². The Morgan fingerprint density at radius 1 is 1.14 bits per heavy atom. The Bertz CT molecular complexity index is 509. The summed E-state index contributed by atoms with van der Waals surface area (Å²) in [6.07, 6.45) is 1.22. The Labute approximate surface area is 84.6 Å². The summed E-state index contributed by atoms with van der Waals surface area (Å²) in [5.74, 6) is 0.705. The highest BCUT2D eigenvalue weighted by molar-refractivity contribution is 5.92. The van der Waals surface area contributed by atoms with E-state index < -0.39 is 0 Å². The molecule has 0 heteroatoms. The number of rotatable bonds is 0. The quantitative estimate of drug-likeness (QED) is 0.581. The lowest BCUT2D eigenvalue weighted by molar-refractivity contribution is 0.792. The molecule has 1 aliphatic carbocycles. The molecule has 70 valence electrons. The molecule has 0 nitrogen and oxygen atoms in total. The van der Waals surface area contributed by atoms with Gasteiger partial charge in [-0.2, -0.15) is 0 Å². The van der Waals surface area contributed by atoms with Crippen molar-refractivity contribution in [1.82, 2.24) is 0 Å². The second-order valence-corrected chi connectivity index (χ2v) is 4.42. The smallest absolute Gasteiger partial charge is 0.0114 e. The van der Waals surface area contributed by atoms with Gasteiger partial charge in [0, 0.05) is 0 Å². The van der Waals surface area contributed by atoms with E-state index in [0.717, 1.165) is 0 Å². The molecule has 1 aliphatic rings. The average molecular weight is 182 g/mol. The fourth-order valence-corrected chi connectivity index (χ4v) is 2.83. The van der Waals surface area contributed by atoms with Gasteiger partial charge in [-0.3, -0.25) is 0 Å². The third-order valence-electron chi connectivity index (χ3n) is 3.41. The molecule has 0 bridgehead atoms. The first-order chi connectivity index (χ1) is 6.77. The molecule has 0 spiro atoms. The molecular weight excluding hydrogens is 168 g/mol. The van der Waals surface area contributed by atoms with Gasteiger partial charge in [0.1, 0.15) is 0 Å². The van der Waals surface area contributed by atoms with E-state index in [4.69, 9.17) is 0 Å². The summed E-state index contributed by atoms with van der Waals surface area (Å²) in [6.45, 7) is 4.56. The van der Waals surface area contributed by atoms with Gasteiger partial charge in [0.25, 0.3) is 0 Å². The van der Waals surface area contributed by atoms with Gasteiger partial charge in [0.2, 0.25) is 0 Å². The van der Waals surface area contributed by atoms with Crippen LogP contribution >= 0.6 is 0 Å². The summed E-state index contributed by atoms with van der Waals surface area (Å²) in [6, 6.07) is 11.2. The molecule has 3 rings (SSSR count). The number of hydrogen-bond acceptors (Lipinski definition) is 0. The topological polar surface area (TPSA) is 0 Å². The summed E-state index contributed by atoms with van der Waals surface area (Å²) in [5.41, 5.74) is 4.57. The molecule has 0 fully saturated rings. The van der Waals surface area contributed by atoms with E-state index in [9.17, 15) is 0 Å². The molecule has 0 aliphatic heterocycles. The van der Waals surface area contributed by atoms with Crippen LogP contribution in [0.1, 0.15) is 29.5 Å². The van der Waals surface area contributed by atoms with Crippen LogP contribution in [0.4, 0.5) is 0 Å². The van der Waals surface area contributed by atoms with Crippen LogP contribution in [-0.2, 0) is 6.42 Å². The molecule has 1 atom stereocenters. The molecule has 0 N–H and O–H groups in total. The first kappa shape index (κ1) is 8.05. The van der Waals surface area contributed by atoms with Crippen LogP contribution < -0.4 is 0 Å². The average Bonchev–Trinajstić information content (AvgIpc) is 2.51. The number of aryl methyl sites for hydroxylation is 1. The van der Waals surface area contributed by atoms with Crippen molar-refractivity contribution >= 4 is 10.8 Å². The van der Waals surface area contributed by atoms with Crippen LogP contribution in [0.15, 0.2) is 30.3 Å². The van der Waals surface area contributed by atoms with Crippen molar-refractivity contribution < 1.29 is 0 Å². The molecule has 0 saturated carbocycles. The fraction of sp³-hybridized carbons (Fsp3) is 0.286. The minimum atomic E-state index is 0.705.